The van der Waals surface area contributed by atoms with Gasteiger partial charge in [0.25, 0.3) is 0 Å². The standard InChI is InChI=1S/C18H20BrNO/c19-16-6-7-17(20-13-16)12-18(21)10-8-15(9-11-18)14-4-2-1-3-5-14/h1-7,13,15,21H,8-12H2. The molecule has 0 radical (unpaired) electrons. The van der Waals surface area contributed by atoms with Gasteiger partial charge in [0.1, 0.15) is 0 Å². The molecule has 2 aromatic rings. The fourth-order valence-corrected chi connectivity index (χ4v) is 3.47. The van der Waals surface area contributed by atoms with Crippen LogP contribution in [-0.2, 0) is 6.42 Å². The van der Waals surface area contributed by atoms with E-state index in [2.05, 4.69) is 51.2 Å². The summed E-state index contributed by atoms with van der Waals surface area (Å²) in [6.07, 6.45) is 6.26. The zero-order valence-corrected chi connectivity index (χ0v) is 13.6. The lowest BCUT2D eigenvalue weighted by Gasteiger charge is -2.36. The number of rotatable bonds is 3. The SMILES string of the molecule is OC1(Cc2ccc(Br)cn2)CCC(c2ccccc2)CC1. The third kappa shape index (κ3) is 3.72. The minimum absolute atomic E-state index is 0.587. The summed E-state index contributed by atoms with van der Waals surface area (Å²) >= 11 is 3.39. The Balaban J connectivity index is 1.62. The zero-order chi connectivity index (χ0) is 14.7. The van der Waals surface area contributed by atoms with Gasteiger partial charge in [-0.2, -0.15) is 0 Å². The van der Waals surface area contributed by atoms with Crippen LogP contribution < -0.4 is 0 Å². The molecule has 2 nitrogen and oxygen atoms in total. The molecule has 1 aliphatic carbocycles. The van der Waals surface area contributed by atoms with Crippen LogP contribution in [0.4, 0.5) is 0 Å². The van der Waals surface area contributed by atoms with E-state index < -0.39 is 5.60 Å². The first kappa shape index (κ1) is 14.7. The number of pyridine rings is 1. The largest absolute Gasteiger partial charge is 0.389 e. The van der Waals surface area contributed by atoms with Crippen molar-refractivity contribution in [3.8, 4) is 0 Å². The minimum Gasteiger partial charge on any atom is -0.389 e. The van der Waals surface area contributed by atoms with Crippen LogP contribution in [0.5, 0.6) is 0 Å². The molecule has 0 bridgehead atoms. The number of aliphatic hydroxyl groups is 1. The van der Waals surface area contributed by atoms with Gasteiger partial charge in [-0.15, -0.1) is 0 Å². The van der Waals surface area contributed by atoms with Gasteiger partial charge in [-0.3, -0.25) is 4.98 Å². The molecule has 1 fully saturated rings. The Morgan fingerprint density at radius 1 is 1.10 bits per heavy atom. The van der Waals surface area contributed by atoms with Crippen LogP contribution >= 0.6 is 15.9 Å². The smallest absolute Gasteiger partial charge is 0.0703 e. The van der Waals surface area contributed by atoms with Crippen molar-refractivity contribution in [2.75, 3.05) is 0 Å². The van der Waals surface area contributed by atoms with Gasteiger partial charge in [-0.25, -0.2) is 0 Å². The van der Waals surface area contributed by atoms with E-state index in [1.807, 2.05) is 12.1 Å². The summed E-state index contributed by atoms with van der Waals surface area (Å²) in [5, 5.41) is 10.8. The van der Waals surface area contributed by atoms with Crippen molar-refractivity contribution < 1.29 is 5.11 Å². The molecule has 0 atom stereocenters. The van der Waals surface area contributed by atoms with Crippen molar-refractivity contribution in [3.05, 3.63) is 64.4 Å². The van der Waals surface area contributed by atoms with Gasteiger partial charge in [-0.1, -0.05) is 30.3 Å². The molecule has 3 rings (SSSR count). The second-order valence-electron chi connectivity index (χ2n) is 6.05. The molecular formula is C18H20BrNO. The maximum absolute atomic E-state index is 10.8. The van der Waals surface area contributed by atoms with Crippen LogP contribution in [0.25, 0.3) is 0 Å². The molecule has 1 aromatic heterocycles. The van der Waals surface area contributed by atoms with E-state index in [0.717, 1.165) is 35.8 Å². The lowest BCUT2D eigenvalue weighted by atomic mass is 9.74. The topological polar surface area (TPSA) is 33.1 Å². The normalized spacial score (nSPS) is 25.7. The number of hydrogen-bond acceptors (Lipinski definition) is 2. The van der Waals surface area contributed by atoms with Gasteiger partial charge >= 0.3 is 0 Å². The van der Waals surface area contributed by atoms with Crippen LogP contribution in [0.1, 0.15) is 42.9 Å². The van der Waals surface area contributed by atoms with E-state index in [9.17, 15) is 5.11 Å². The van der Waals surface area contributed by atoms with Crippen molar-refractivity contribution in [2.45, 2.75) is 43.6 Å². The molecule has 110 valence electrons. The lowest BCUT2D eigenvalue weighted by molar-refractivity contribution is -0.00126. The van der Waals surface area contributed by atoms with Crippen LogP contribution in [0.3, 0.4) is 0 Å². The highest BCUT2D eigenvalue weighted by Gasteiger charge is 2.34. The molecule has 1 saturated carbocycles. The molecule has 1 aliphatic rings. The van der Waals surface area contributed by atoms with Gasteiger partial charge in [0, 0.05) is 22.8 Å². The Morgan fingerprint density at radius 3 is 2.43 bits per heavy atom. The number of nitrogens with zero attached hydrogens (tertiary/aromatic N) is 1. The van der Waals surface area contributed by atoms with Crippen LogP contribution in [0.15, 0.2) is 53.1 Å². The Kier molecular flexibility index (Phi) is 4.41. The molecule has 0 amide bonds. The van der Waals surface area contributed by atoms with Crippen molar-refractivity contribution in [1.29, 1.82) is 0 Å². The second kappa shape index (κ2) is 6.29. The Hall–Kier alpha value is -1.19. The summed E-state index contributed by atoms with van der Waals surface area (Å²) in [5.41, 5.74) is 1.78. The highest BCUT2D eigenvalue weighted by Crippen LogP contribution is 2.39. The third-order valence-corrected chi connectivity index (χ3v) is 4.96. The maximum atomic E-state index is 10.8. The van der Waals surface area contributed by atoms with E-state index in [-0.39, 0.29) is 0 Å². The highest BCUT2D eigenvalue weighted by molar-refractivity contribution is 9.10. The molecule has 0 saturated heterocycles. The molecule has 3 heteroatoms. The first-order chi connectivity index (χ1) is 10.1. The average molecular weight is 346 g/mol. The number of hydrogen-bond donors (Lipinski definition) is 1. The van der Waals surface area contributed by atoms with Crippen LogP contribution in [0, 0.1) is 0 Å². The molecular weight excluding hydrogens is 326 g/mol. The van der Waals surface area contributed by atoms with Crippen molar-refractivity contribution in [1.82, 2.24) is 4.98 Å². The van der Waals surface area contributed by atoms with Crippen molar-refractivity contribution in [3.63, 3.8) is 0 Å². The monoisotopic (exact) mass is 345 g/mol. The number of halogens is 1. The Morgan fingerprint density at radius 2 is 1.81 bits per heavy atom. The predicted octanol–water partition coefficient (Wildman–Crippen LogP) is 4.48. The first-order valence-electron chi connectivity index (χ1n) is 7.52. The predicted molar refractivity (Wildman–Crippen MR) is 88.2 cm³/mol. The molecule has 0 aliphatic heterocycles. The number of benzene rings is 1. The molecule has 1 N–H and O–H groups in total. The van der Waals surface area contributed by atoms with E-state index in [1.165, 1.54) is 5.56 Å². The van der Waals surface area contributed by atoms with E-state index >= 15 is 0 Å². The van der Waals surface area contributed by atoms with E-state index in [0.29, 0.717) is 12.3 Å². The molecule has 0 spiro atoms. The van der Waals surface area contributed by atoms with E-state index in [4.69, 9.17) is 0 Å². The van der Waals surface area contributed by atoms with Gasteiger partial charge in [0.05, 0.1) is 5.60 Å². The summed E-state index contributed by atoms with van der Waals surface area (Å²) in [4.78, 5) is 4.39. The Labute approximate surface area is 134 Å². The van der Waals surface area contributed by atoms with Gasteiger partial charge in [0.15, 0.2) is 0 Å². The molecule has 21 heavy (non-hydrogen) atoms. The quantitative estimate of drug-likeness (QED) is 0.889. The summed E-state index contributed by atoms with van der Waals surface area (Å²) in [5.74, 6) is 0.587. The average Bonchev–Trinajstić information content (AvgIpc) is 2.51. The molecule has 0 unspecified atom stereocenters. The van der Waals surface area contributed by atoms with Crippen molar-refractivity contribution >= 4 is 15.9 Å². The van der Waals surface area contributed by atoms with Gasteiger partial charge < -0.3 is 5.11 Å². The molecule has 1 aromatic carbocycles. The summed E-state index contributed by atoms with van der Waals surface area (Å²) in [6.45, 7) is 0. The summed E-state index contributed by atoms with van der Waals surface area (Å²) < 4.78 is 0.978. The van der Waals surface area contributed by atoms with Crippen LogP contribution in [-0.4, -0.2) is 15.7 Å². The highest BCUT2D eigenvalue weighted by atomic mass is 79.9. The van der Waals surface area contributed by atoms with Crippen LogP contribution in [0.2, 0.25) is 0 Å². The fraction of sp³-hybridized carbons (Fsp3) is 0.389. The first-order valence-corrected chi connectivity index (χ1v) is 8.32. The Bertz CT molecular complexity index is 574. The minimum atomic E-state index is -0.591. The summed E-state index contributed by atoms with van der Waals surface area (Å²) in [7, 11) is 0. The second-order valence-corrected chi connectivity index (χ2v) is 6.97. The van der Waals surface area contributed by atoms with Gasteiger partial charge in [0.2, 0.25) is 0 Å². The number of aromatic nitrogens is 1. The zero-order valence-electron chi connectivity index (χ0n) is 12.0. The maximum Gasteiger partial charge on any atom is 0.0703 e. The van der Waals surface area contributed by atoms with Crippen molar-refractivity contribution in [2.24, 2.45) is 0 Å². The van der Waals surface area contributed by atoms with E-state index in [1.54, 1.807) is 6.20 Å². The molecule has 1 heterocycles. The lowest BCUT2D eigenvalue weighted by Crippen LogP contribution is -2.36. The fourth-order valence-electron chi connectivity index (χ4n) is 3.24. The van der Waals surface area contributed by atoms with Gasteiger partial charge in [-0.05, 0) is 65.2 Å². The summed E-state index contributed by atoms with van der Waals surface area (Å²) in [6, 6.07) is 14.6. The third-order valence-electron chi connectivity index (χ3n) is 4.49.